The van der Waals surface area contributed by atoms with E-state index >= 15 is 0 Å². The fourth-order valence-corrected chi connectivity index (χ4v) is 4.44. The summed E-state index contributed by atoms with van der Waals surface area (Å²) in [7, 11) is 0. The summed E-state index contributed by atoms with van der Waals surface area (Å²) in [4.78, 5) is 2.40. The average Bonchev–Trinajstić information content (AvgIpc) is 3.14. The Labute approximate surface area is 207 Å². The molecule has 0 amide bonds. The fraction of sp³-hybridized carbons (Fsp3) is 0.444. The number of likely N-dealkylation sites (tertiary alicyclic amines) is 1. The molecule has 34 heavy (non-hydrogen) atoms. The van der Waals surface area contributed by atoms with Crippen LogP contribution in [0, 0.1) is 13.8 Å². The van der Waals surface area contributed by atoms with Crippen LogP contribution in [-0.4, -0.2) is 51.7 Å². The zero-order valence-electron chi connectivity index (χ0n) is 20.0. The van der Waals surface area contributed by atoms with Crippen LogP contribution in [0.5, 0.6) is 11.5 Å². The van der Waals surface area contributed by atoms with Crippen LogP contribution in [0.25, 0.3) is 0 Å². The van der Waals surface area contributed by atoms with Gasteiger partial charge in [0.25, 0.3) is 0 Å². The van der Waals surface area contributed by atoms with Crippen LogP contribution >= 0.6 is 11.6 Å². The molecule has 1 aromatic heterocycles. The molecule has 0 bridgehead atoms. The quantitative estimate of drug-likeness (QED) is 0.462. The van der Waals surface area contributed by atoms with Crippen molar-refractivity contribution in [1.29, 1.82) is 0 Å². The number of hydrogen-bond donors (Lipinski definition) is 1. The van der Waals surface area contributed by atoms with E-state index in [9.17, 15) is 5.11 Å². The molecule has 1 aliphatic heterocycles. The molecule has 2 heterocycles. The summed E-state index contributed by atoms with van der Waals surface area (Å²) in [6, 6.07) is 14.0. The molecule has 1 fully saturated rings. The maximum absolute atomic E-state index is 11.1. The second-order valence-corrected chi connectivity index (χ2v) is 9.76. The lowest BCUT2D eigenvalue weighted by molar-refractivity contribution is -0.0168. The first kappa shape index (κ1) is 24.6. The zero-order chi connectivity index (χ0) is 24.0. The van der Waals surface area contributed by atoms with E-state index in [2.05, 4.69) is 22.1 Å². The van der Waals surface area contributed by atoms with Crippen molar-refractivity contribution in [2.24, 2.45) is 0 Å². The normalized spacial score (nSPS) is 19.1. The molecule has 3 aromatic rings. The largest absolute Gasteiger partial charge is 0.492 e. The number of benzene rings is 2. The predicted octanol–water partition coefficient (Wildman–Crippen LogP) is 5.03. The molecule has 182 valence electrons. The molecular weight excluding hydrogens is 450 g/mol. The Bertz CT molecular complexity index is 1070. The summed E-state index contributed by atoms with van der Waals surface area (Å²) in [5, 5.41) is 16.0. The van der Waals surface area contributed by atoms with E-state index in [0.29, 0.717) is 23.8 Å². The summed E-state index contributed by atoms with van der Waals surface area (Å²) in [5.74, 6) is 1.50. The van der Waals surface area contributed by atoms with Crippen molar-refractivity contribution in [2.45, 2.75) is 51.8 Å². The molecule has 2 aromatic carbocycles. The minimum atomic E-state index is -0.841. The molecule has 0 unspecified atom stereocenters. The summed E-state index contributed by atoms with van der Waals surface area (Å²) in [5.41, 5.74) is 2.64. The highest BCUT2D eigenvalue weighted by Gasteiger charge is 2.31. The summed E-state index contributed by atoms with van der Waals surface area (Å²) in [6.45, 7) is 8.23. The van der Waals surface area contributed by atoms with E-state index in [-0.39, 0.29) is 6.61 Å². The first-order valence-electron chi connectivity index (χ1n) is 11.9. The Balaban J connectivity index is 1.23. The number of rotatable bonds is 9. The number of nitrogens with zero attached hydrogens (tertiary/aromatic N) is 3. The fourth-order valence-electron chi connectivity index (χ4n) is 4.27. The molecule has 1 aliphatic rings. The maximum Gasteiger partial charge on any atom is 0.138 e. The Kier molecular flexibility index (Phi) is 8.14. The van der Waals surface area contributed by atoms with Crippen LogP contribution in [0.1, 0.15) is 36.0 Å². The van der Waals surface area contributed by atoms with Gasteiger partial charge in [-0.25, -0.2) is 0 Å². The molecule has 6 nitrogen and oxygen atoms in total. The van der Waals surface area contributed by atoms with Crippen LogP contribution in [0.15, 0.2) is 54.9 Å². The van der Waals surface area contributed by atoms with Crippen molar-refractivity contribution in [1.82, 2.24) is 14.7 Å². The molecule has 1 atom stereocenters. The molecule has 0 saturated carbocycles. The SMILES string of the molecule is Cc1ccc(Cl)c(OC[C@@]2(O)CCCN(Cc3ccc(OCCn4cc(C)cn4)cc3)CC2)c1. The van der Waals surface area contributed by atoms with E-state index < -0.39 is 5.60 Å². The zero-order valence-corrected chi connectivity index (χ0v) is 20.8. The van der Waals surface area contributed by atoms with Crippen molar-refractivity contribution in [3.63, 3.8) is 0 Å². The Hall–Kier alpha value is -2.54. The van der Waals surface area contributed by atoms with Gasteiger partial charge in [-0.3, -0.25) is 9.58 Å². The standard InChI is InChI=1S/C27H34ClN3O3/c1-21-4-9-25(28)26(16-21)34-20-27(32)10-3-12-30(13-11-27)19-23-5-7-24(8-6-23)33-15-14-31-18-22(2)17-29-31/h4-9,16-18,32H,3,10-15,19-20H2,1-2H3/t27-/m1/s1. The highest BCUT2D eigenvalue weighted by atomic mass is 35.5. The topological polar surface area (TPSA) is 59.8 Å². The molecular formula is C27H34ClN3O3. The first-order valence-corrected chi connectivity index (χ1v) is 12.3. The van der Waals surface area contributed by atoms with E-state index in [1.165, 1.54) is 5.56 Å². The van der Waals surface area contributed by atoms with Gasteiger partial charge >= 0.3 is 0 Å². The van der Waals surface area contributed by atoms with Gasteiger partial charge in [0.05, 0.1) is 23.4 Å². The highest BCUT2D eigenvalue weighted by molar-refractivity contribution is 6.32. The van der Waals surface area contributed by atoms with Crippen molar-refractivity contribution in [3.05, 3.63) is 76.6 Å². The van der Waals surface area contributed by atoms with E-state index in [4.69, 9.17) is 21.1 Å². The van der Waals surface area contributed by atoms with Crippen LogP contribution in [-0.2, 0) is 13.1 Å². The third-order valence-corrected chi connectivity index (χ3v) is 6.59. The van der Waals surface area contributed by atoms with Gasteiger partial charge in [0.1, 0.15) is 24.7 Å². The summed E-state index contributed by atoms with van der Waals surface area (Å²) in [6.07, 6.45) is 6.18. The Morgan fingerprint density at radius 2 is 1.85 bits per heavy atom. The number of ether oxygens (including phenoxy) is 2. The number of aliphatic hydroxyl groups is 1. The molecule has 0 spiro atoms. The average molecular weight is 484 g/mol. The van der Waals surface area contributed by atoms with Crippen LogP contribution < -0.4 is 9.47 Å². The van der Waals surface area contributed by atoms with E-state index in [1.807, 2.05) is 61.3 Å². The Morgan fingerprint density at radius 3 is 2.62 bits per heavy atom. The third kappa shape index (κ3) is 6.98. The van der Waals surface area contributed by atoms with Gasteiger partial charge in [-0.2, -0.15) is 5.10 Å². The number of aromatic nitrogens is 2. The van der Waals surface area contributed by atoms with Crippen molar-refractivity contribution < 1.29 is 14.6 Å². The number of hydrogen-bond acceptors (Lipinski definition) is 5. The van der Waals surface area contributed by atoms with Gasteiger partial charge in [-0.1, -0.05) is 29.8 Å². The lowest BCUT2D eigenvalue weighted by Gasteiger charge is -2.27. The summed E-state index contributed by atoms with van der Waals surface area (Å²) < 4.78 is 13.7. The maximum atomic E-state index is 11.1. The van der Waals surface area contributed by atoms with Crippen LogP contribution in [0.3, 0.4) is 0 Å². The van der Waals surface area contributed by atoms with Gasteiger partial charge in [0, 0.05) is 19.3 Å². The Morgan fingerprint density at radius 1 is 1.03 bits per heavy atom. The third-order valence-electron chi connectivity index (χ3n) is 6.27. The molecule has 1 saturated heterocycles. The minimum Gasteiger partial charge on any atom is -0.492 e. The predicted molar refractivity (Wildman–Crippen MR) is 135 cm³/mol. The number of halogens is 1. The van der Waals surface area contributed by atoms with Crippen LogP contribution in [0.4, 0.5) is 0 Å². The van der Waals surface area contributed by atoms with Crippen molar-refractivity contribution in [2.75, 3.05) is 26.3 Å². The number of aryl methyl sites for hydroxylation is 2. The lowest BCUT2D eigenvalue weighted by atomic mass is 9.96. The highest BCUT2D eigenvalue weighted by Crippen LogP contribution is 2.29. The van der Waals surface area contributed by atoms with Gasteiger partial charge in [0.2, 0.25) is 0 Å². The molecule has 0 aliphatic carbocycles. The van der Waals surface area contributed by atoms with Crippen molar-refractivity contribution >= 4 is 11.6 Å². The van der Waals surface area contributed by atoms with Gasteiger partial charge < -0.3 is 14.6 Å². The van der Waals surface area contributed by atoms with Gasteiger partial charge in [0.15, 0.2) is 0 Å². The molecule has 4 rings (SSSR count). The van der Waals surface area contributed by atoms with Gasteiger partial charge in [-0.15, -0.1) is 0 Å². The van der Waals surface area contributed by atoms with Crippen molar-refractivity contribution in [3.8, 4) is 11.5 Å². The second kappa shape index (κ2) is 11.3. The second-order valence-electron chi connectivity index (χ2n) is 9.35. The molecule has 1 N–H and O–H groups in total. The lowest BCUT2D eigenvalue weighted by Crippen LogP contribution is -2.37. The monoisotopic (exact) mass is 483 g/mol. The molecule has 7 heteroatoms. The smallest absolute Gasteiger partial charge is 0.138 e. The van der Waals surface area contributed by atoms with E-state index in [1.54, 1.807) is 0 Å². The molecule has 0 radical (unpaired) electrons. The van der Waals surface area contributed by atoms with Gasteiger partial charge in [-0.05, 0) is 80.6 Å². The first-order chi connectivity index (χ1) is 16.4. The summed E-state index contributed by atoms with van der Waals surface area (Å²) >= 11 is 6.25. The minimum absolute atomic E-state index is 0.258. The van der Waals surface area contributed by atoms with Crippen LogP contribution in [0.2, 0.25) is 5.02 Å². The van der Waals surface area contributed by atoms with E-state index in [0.717, 1.165) is 55.9 Å².